The Kier molecular flexibility index (Phi) is 8.35. The van der Waals surface area contributed by atoms with E-state index in [9.17, 15) is 19.8 Å². The third-order valence-corrected chi connectivity index (χ3v) is 7.60. The van der Waals surface area contributed by atoms with Gasteiger partial charge in [0.1, 0.15) is 11.9 Å². The molecule has 34 heavy (non-hydrogen) atoms. The summed E-state index contributed by atoms with van der Waals surface area (Å²) in [5.41, 5.74) is 0.551. The number of nitrogens with zero attached hydrogens (tertiary/aromatic N) is 1. The molecule has 8 nitrogen and oxygen atoms in total. The number of epoxide rings is 1. The zero-order valence-corrected chi connectivity index (χ0v) is 21.8. The molecule has 0 amide bonds. The number of ether oxygens (including phenoxy) is 2. The van der Waals surface area contributed by atoms with Crippen LogP contribution in [-0.2, 0) is 19.1 Å². The molecule has 6 unspecified atom stereocenters. The summed E-state index contributed by atoms with van der Waals surface area (Å²) in [6.07, 6.45) is -0.400. The van der Waals surface area contributed by atoms with Crippen LogP contribution < -0.4 is 5.32 Å². The maximum absolute atomic E-state index is 13.1. The Bertz CT molecular complexity index is 928. The van der Waals surface area contributed by atoms with Crippen molar-refractivity contribution in [2.75, 3.05) is 13.1 Å². The number of nitrogens with one attached hydrogen (secondary N) is 1. The second kappa shape index (κ2) is 10.5. The molecule has 3 heterocycles. The molecule has 6 atom stereocenters. The summed E-state index contributed by atoms with van der Waals surface area (Å²) < 4.78 is 11.2. The first-order valence-electron chi connectivity index (χ1n) is 12.0. The van der Waals surface area contributed by atoms with E-state index in [4.69, 9.17) is 9.47 Å². The first-order valence-corrected chi connectivity index (χ1v) is 12.8. The number of thiazole rings is 1. The van der Waals surface area contributed by atoms with Gasteiger partial charge in [0.05, 0.1) is 10.7 Å². The summed E-state index contributed by atoms with van der Waals surface area (Å²) in [6, 6.07) is 0. The van der Waals surface area contributed by atoms with Crippen molar-refractivity contribution in [2.24, 2.45) is 17.3 Å². The van der Waals surface area contributed by atoms with Crippen LogP contribution in [0.25, 0.3) is 6.08 Å². The maximum atomic E-state index is 13.1. The summed E-state index contributed by atoms with van der Waals surface area (Å²) in [5, 5.41) is 28.0. The number of carbonyl (C=O) groups is 2. The highest BCUT2D eigenvalue weighted by Crippen LogP contribution is 2.40. The number of esters is 1. The number of ketones is 1. The average Bonchev–Trinajstić information content (AvgIpc) is 3.25. The van der Waals surface area contributed by atoms with Crippen LogP contribution in [0, 0.1) is 24.2 Å². The lowest BCUT2D eigenvalue weighted by Gasteiger charge is -2.29. The fourth-order valence-electron chi connectivity index (χ4n) is 4.69. The zero-order chi connectivity index (χ0) is 25.3. The third kappa shape index (κ3) is 6.31. The Morgan fingerprint density at radius 3 is 2.65 bits per heavy atom. The molecule has 0 spiro atoms. The summed E-state index contributed by atoms with van der Waals surface area (Å²) in [5.74, 6) is -2.12. The van der Waals surface area contributed by atoms with Gasteiger partial charge in [-0.25, -0.2) is 4.98 Å². The standard InChI is InChI=1S/C25H38N2O6S/c1-14-9-16(3)22(29)24(5,6)8-7-20(28)32-21(15(2)10-18-13-34-17(4)27-18)23(30)25(31)19(33-25)12-26-11-14/h10,13-14,16,19,21,23,26,30-31H,7-9,11-12H2,1-6H3. The van der Waals surface area contributed by atoms with Gasteiger partial charge in [0.15, 0.2) is 12.2 Å². The van der Waals surface area contributed by atoms with Crippen LogP contribution in [-0.4, -0.2) is 64.1 Å². The number of rotatable bonds is 2. The van der Waals surface area contributed by atoms with E-state index in [2.05, 4.69) is 17.2 Å². The van der Waals surface area contributed by atoms with Crippen LogP contribution >= 0.6 is 11.3 Å². The minimum Gasteiger partial charge on any atom is -0.455 e. The molecule has 2 aliphatic heterocycles. The molecular weight excluding hydrogens is 456 g/mol. The van der Waals surface area contributed by atoms with E-state index in [0.717, 1.165) is 11.4 Å². The summed E-state index contributed by atoms with van der Waals surface area (Å²) in [6.45, 7) is 12.3. The molecule has 9 heteroatoms. The smallest absolute Gasteiger partial charge is 0.306 e. The Balaban J connectivity index is 1.85. The molecule has 0 radical (unpaired) electrons. The summed E-state index contributed by atoms with van der Waals surface area (Å²) in [4.78, 5) is 30.3. The van der Waals surface area contributed by atoms with E-state index >= 15 is 0 Å². The molecular formula is C25H38N2O6S. The molecule has 2 saturated heterocycles. The number of hydrogen-bond donors (Lipinski definition) is 3. The van der Waals surface area contributed by atoms with Gasteiger partial charge in [-0.1, -0.05) is 27.7 Å². The number of aliphatic hydroxyl groups excluding tert-OH is 1. The van der Waals surface area contributed by atoms with Gasteiger partial charge in [0.2, 0.25) is 5.79 Å². The predicted octanol–water partition coefficient (Wildman–Crippen LogP) is 2.86. The zero-order valence-electron chi connectivity index (χ0n) is 21.0. The molecule has 0 saturated carbocycles. The van der Waals surface area contributed by atoms with E-state index < -0.39 is 35.5 Å². The second-order valence-electron chi connectivity index (χ2n) is 10.5. The first kappa shape index (κ1) is 26.9. The van der Waals surface area contributed by atoms with Gasteiger partial charge in [-0.15, -0.1) is 11.3 Å². The van der Waals surface area contributed by atoms with E-state index in [-0.39, 0.29) is 24.0 Å². The van der Waals surface area contributed by atoms with E-state index in [1.165, 1.54) is 11.3 Å². The molecule has 1 aromatic heterocycles. The Hall–Kier alpha value is -1.65. The molecule has 0 aliphatic carbocycles. The van der Waals surface area contributed by atoms with Gasteiger partial charge < -0.3 is 25.0 Å². The van der Waals surface area contributed by atoms with Crippen LogP contribution in [0.3, 0.4) is 0 Å². The minimum absolute atomic E-state index is 0.0254. The number of aryl methyl sites for hydroxylation is 1. The highest BCUT2D eigenvalue weighted by Gasteiger charge is 2.63. The van der Waals surface area contributed by atoms with Crippen LogP contribution in [0.15, 0.2) is 11.0 Å². The Morgan fingerprint density at radius 1 is 1.29 bits per heavy atom. The Labute approximate surface area is 205 Å². The number of carbonyl (C=O) groups excluding carboxylic acids is 2. The van der Waals surface area contributed by atoms with Gasteiger partial charge in [-0.2, -0.15) is 0 Å². The van der Waals surface area contributed by atoms with Crippen molar-refractivity contribution in [3.8, 4) is 0 Å². The quantitative estimate of drug-likeness (QED) is 0.424. The fourth-order valence-corrected chi connectivity index (χ4v) is 5.26. The van der Waals surface area contributed by atoms with Crippen molar-refractivity contribution in [1.82, 2.24) is 10.3 Å². The molecule has 0 bridgehead atoms. The number of hydrogen-bond acceptors (Lipinski definition) is 9. The van der Waals surface area contributed by atoms with Crippen LogP contribution in [0.2, 0.25) is 0 Å². The molecule has 0 aromatic carbocycles. The van der Waals surface area contributed by atoms with Gasteiger partial charge >= 0.3 is 5.97 Å². The SMILES string of the molecule is CC(=Cc1csc(C)n1)C1OC(=O)CCC(C)(C)C(=O)C(C)CC(C)CNCC2OC2(O)C1O. The minimum atomic E-state index is -1.81. The predicted molar refractivity (Wildman–Crippen MR) is 130 cm³/mol. The largest absolute Gasteiger partial charge is 0.455 e. The van der Waals surface area contributed by atoms with Crippen molar-refractivity contribution in [3.63, 3.8) is 0 Å². The molecule has 3 rings (SSSR count). The monoisotopic (exact) mass is 494 g/mol. The lowest BCUT2D eigenvalue weighted by atomic mass is 9.76. The highest BCUT2D eigenvalue weighted by atomic mass is 32.1. The van der Waals surface area contributed by atoms with Gasteiger partial charge in [0.25, 0.3) is 0 Å². The normalized spacial score (nSPS) is 36.0. The van der Waals surface area contributed by atoms with Gasteiger partial charge in [0, 0.05) is 29.7 Å². The lowest BCUT2D eigenvalue weighted by Crippen LogP contribution is -2.46. The van der Waals surface area contributed by atoms with Crippen molar-refractivity contribution in [2.45, 2.75) is 84.9 Å². The number of fused-ring (bicyclic) bond motifs is 1. The molecule has 190 valence electrons. The van der Waals surface area contributed by atoms with Crippen LogP contribution in [0.5, 0.6) is 0 Å². The number of cyclic esters (lactones) is 1. The van der Waals surface area contributed by atoms with Crippen LogP contribution in [0.4, 0.5) is 0 Å². The van der Waals surface area contributed by atoms with E-state index in [1.807, 2.05) is 33.1 Å². The molecule has 1 aromatic rings. The first-order chi connectivity index (χ1) is 15.8. The fraction of sp³-hybridized carbons (Fsp3) is 0.720. The van der Waals surface area contributed by atoms with Gasteiger partial charge in [-0.05, 0) is 50.8 Å². The van der Waals surface area contributed by atoms with Gasteiger partial charge in [-0.3, -0.25) is 9.59 Å². The van der Waals surface area contributed by atoms with Crippen molar-refractivity contribution in [1.29, 1.82) is 0 Å². The third-order valence-electron chi connectivity index (χ3n) is 6.81. The molecule has 2 aliphatic rings. The molecule has 3 N–H and O–H groups in total. The molecule has 2 fully saturated rings. The number of Topliss-reactive ketones (excluding diaryl/α,β-unsaturated/α-hetero) is 1. The van der Waals surface area contributed by atoms with E-state index in [0.29, 0.717) is 30.8 Å². The Morgan fingerprint density at radius 2 is 2.00 bits per heavy atom. The van der Waals surface area contributed by atoms with Crippen molar-refractivity contribution >= 4 is 29.2 Å². The average molecular weight is 495 g/mol. The summed E-state index contributed by atoms with van der Waals surface area (Å²) >= 11 is 1.49. The topological polar surface area (TPSA) is 121 Å². The number of aliphatic hydroxyl groups is 2. The van der Waals surface area contributed by atoms with E-state index in [1.54, 1.807) is 13.0 Å². The second-order valence-corrected chi connectivity index (χ2v) is 11.6. The maximum Gasteiger partial charge on any atom is 0.306 e. The summed E-state index contributed by atoms with van der Waals surface area (Å²) in [7, 11) is 0. The highest BCUT2D eigenvalue weighted by molar-refractivity contribution is 7.09. The van der Waals surface area contributed by atoms with Crippen molar-refractivity contribution < 1.29 is 29.3 Å². The lowest BCUT2D eigenvalue weighted by molar-refractivity contribution is -0.165. The van der Waals surface area contributed by atoms with Crippen molar-refractivity contribution in [3.05, 3.63) is 21.7 Å². The number of aromatic nitrogens is 1. The van der Waals surface area contributed by atoms with Crippen LogP contribution in [0.1, 0.15) is 64.6 Å².